The molecule has 0 saturated carbocycles. The summed E-state index contributed by atoms with van der Waals surface area (Å²) in [6.07, 6.45) is 5.96. The van der Waals surface area contributed by atoms with Crippen LogP contribution in [0, 0.1) is 12.8 Å². The van der Waals surface area contributed by atoms with Crippen molar-refractivity contribution in [3.63, 3.8) is 0 Å². The molecule has 0 radical (unpaired) electrons. The lowest BCUT2D eigenvalue weighted by Gasteiger charge is -2.30. The van der Waals surface area contributed by atoms with E-state index in [0.717, 1.165) is 62.6 Å². The van der Waals surface area contributed by atoms with Gasteiger partial charge in [0.1, 0.15) is 5.65 Å². The number of nitrogens with zero attached hydrogens (tertiary/aromatic N) is 6. The van der Waals surface area contributed by atoms with E-state index >= 15 is 0 Å². The maximum absolute atomic E-state index is 13.9. The molecule has 1 unspecified atom stereocenters. The van der Waals surface area contributed by atoms with Gasteiger partial charge in [-0.25, -0.2) is 4.98 Å². The second kappa shape index (κ2) is 11.9. The van der Waals surface area contributed by atoms with Crippen molar-refractivity contribution in [1.82, 2.24) is 35.1 Å². The van der Waals surface area contributed by atoms with Gasteiger partial charge in [-0.15, -0.1) is 0 Å². The van der Waals surface area contributed by atoms with Crippen molar-refractivity contribution in [2.45, 2.75) is 39.7 Å². The molecule has 42 heavy (non-hydrogen) atoms. The Hall–Kier alpha value is -4.22. The van der Waals surface area contributed by atoms with Gasteiger partial charge in [-0.05, 0) is 49.7 Å². The van der Waals surface area contributed by atoms with E-state index in [1.807, 2.05) is 6.07 Å². The molecule has 3 N–H and O–H groups in total. The van der Waals surface area contributed by atoms with Gasteiger partial charge < -0.3 is 20.9 Å². The number of aryl methyl sites for hydroxylation is 1. The maximum atomic E-state index is 13.9. The number of aromatic nitrogens is 5. The summed E-state index contributed by atoms with van der Waals surface area (Å²) in [4.78, 5) is 47.9. The van der Waals surface area contributed by atoms with Crippen molar-refractivity contribution in [2.75, 3.05) is 49.5 Å². The largest absolute Gasteiger partial charge is 0.369 e. The number of carbonyl (C=O) groups excluding carboxylic acids is 1. The van der Waals surface area contributed by atoms with E-state index in [1.54, 1.807) is 43.1 Å². The third-order valence-corrected chi connectivity index (χ3v) is 8.09. The van der Waals surface area contributed by atoms with E-state index in [2.05, 4.69) is 54.9 Å². The summed E-state index contributed by atoms with van der Waals surface area (Å²) in [7, 11) is 0. The molecule has 2 aliphatic rings. The molecule has 0 amide bonds. The van der Waals surface area contributed by atoms with Crippen LogP contribution in [0.25, 0.3) is 11.0 Å². The number of ketones is 1. The molecular weight excluding hydrogens is 530 g/mol. The Morgan fingerprint density at radius 2 is 1.88 bits per heavy atom. The van der Waals surface area contributed by atoms with Gasteiger partial charge in [-0.3, -0.25) is 24.1 Å². The molecule has 2 fully saturated rings. The number of Topliss-reactive ketones (excluding diaryl/α,β-unsaturated/α-hetero) is 1. The quantitative estimate of drug-likeness (QED) is 0.273. The number of fused-ring (bicyclic) bond motifs is 1. The standard InChI is InChI=1S/C31H37N9O2/c1-19(2)28(41)24-15-22-17-36-31(37-23-4-5-26(20(3)14-23)39-12-10-32-11-13-39)38-29(22)40(30(24)42)18-25-27(35-9-8-34-25)21-6-7-33-16-21/h4-5,8-9,14-15,17,19,21,32-33H,6-7,10-13,16,18H2,1-3H3,(H,36,37,38). The summed E-state index contributed by atoms with van der Waals surface area (Å²) in [5, 5.41) is 10.7. The van der Waals surface area contributed by atoms with E-state index in [9.17, 15) is 9.59 Å². The lowest BCUT2D eigenvalue weighted by molar-refractivity contribution is 0.0937. The highest BCUT2D eigenvalue weighted by molar-refractivity contribution is 5.99. The van der Waals surface area contributed by atoms with Gasteiger partial charge in [0.25, 0.3) is 5.56 Å². The zero-order valence-electron chi connectivity index (χ0n) is 24.4. The topological polar surface area (TPSA) is 130 Å². The van der Waals surface area contributed by atoms with E-state index in [4.69, 9.17) is 4.98 Å². The van der Waals surface area contributed by atoms with Crippen molar-refractivity contribution in [3.8, 4) is 0 Å². The van der Waals surface area contributed by atoms with Crippen molar-refractivity contribution in [2.24, 2.45) is 5.92 Å². The molecule has 3 aromatic heterocycles. The summed E-state index contributed by atoms with van der Waals surface area (Å²) in [5.41, 5.74) is 5.00. The third-order valence-electron chi connectivity index (χ3n) is 8.09. The van der Waals surface area contributed by atoms with Gasteiger partial charge in [-0.1, -0.05) is 13.8 Å². The number of rotatable bonds is 8. The van der Waals surface area contributed by atoms with E-state index in [-0.39, 0.29) is 35.3 Å². The predicted molar refractivity (Wildman–Crippen MR) is 164 cm³/mol. The van der Waals surface area contributed by atoms with Crippen LogP contribution in [0.5, 0.6) is 0 Å². The molecule has 6 rings (SSSR count). The van der Waals surface area contributed by atoms with Crippen LogP contribution in [-0.2, 0) is 6.54 Å². The molecule has 0 bridgehead atoms. The summed E-state index contributed by atoms with van der Waals surface area (Å²) in [5.74, 6) is 0.0504. The van der Waals surface area contributed by atoms with E-state index in [0.29, 0.717) is 22.7 Å². The van der Waals surface area contributed by atoms with E-state index < -0.39 is 0 Å². The van der Waals surface area contributed by atoms with Gasteiger partial charge in [0.05, 0.1) is 23.5 Å². The molecule has 1 aromatic carbocycles. The molecule has 218 valence electrons. The first-order valence-electron chi connectivity index (χ1n) is 14.7. The van der Waals surface area contributed by atoms with Crippen LogP contribution in [0.15, 0.2) is 47.7 Å². The normalized spacial score (nSPS) is 17.2. The molecule has 0 spiro atoms. The first-order valence-corrected chi connectivity index (χ1v) is 14.7. The van der Waals surface area contributed by atoms with Crippen LogP contribution in [-0.4, -0.2) is 69.6 Å². The molecule has 0 aliphatic carbocycles. The Morgan fingerprint density at radius 3 is 2.62 bits per heavy atom. The molecule has 2 aliphatic heterocycles. The SMILES string of the molecule is Cc1cc(Nc2ncc3cc(C(=O)C(C)C)c(=O)n(Cc4nccnc4C4CCNC4)c3n2)ccc1N1CCNCC1. The average Bonchev–Trinajstić information content (AvgIpc) is 3.54. The van der Waals surface area contributed by atoms with Crippen LogP contribution >= 0.6 is 0 Å². The number of anilines is 3. The lowest BCUT2D eigenvalue weighted by Crippen LogP contribution is -2.43. The first-order chi connectivity index (χ1) is 20.4. The lowest BCUT2D eigenvalue weighted by atomic mass is 10.0. The van der Waals surface area contributed by atoms with Crippen LogP contribution < -0.4 is 26.4 Å². The summed E-state index contributed by atoms with van der Waals surface area (Å²) >= 11 is 0. The number of hydrogen-bond acceptors (Lipinski definition) is 10. The Bertz CT molecular complexity index is 1670. The predicted octanol–water partition coefficient (Wildman–Crippen LogP) is 3.01. The number of nitrogens with one attached hydrogen (secondary N) is 3. The summed E-state index contributed by atoms with van der Waals surface area (Å²) in [6.45, 7) is 11.5. The zero-order chi connectivity index (χ0) is 29.2. The zero-order valence-corrected chi connectivity index (χ0v) is 24.4. The molecule has 11 nitrogen and oxygen atoms in total. The average molecular weight is 568 g/mol. The molecule has 11 heteroatoms. The van der Waals surface area contributed by atoms with Crippen molar-refractivity contribution in [1.29, 1.82) is 0 Å². The minimum absolute atomic E-state index is 0.133. The monoisotopic (exact) mass is 567 g/mol. The van der Waals surface area contributed by atoms with Crippen molar-refractivity contribution < 1.29 is 4.79 Å². The second-order valence-electron chi connectivity index (χ2n) is 11.4. The summed E-state index contributed by atoms with van der Waals surface area (Å²) in [6, 6.07) is 7.85. The fourth-order valence-electron chi connectivity index (χ4n) is 5.85. The van der Waals surface area contributed by atoms with Crippen LogP contribution in [0.4, 0.5) is 17.3 Å². The number of benzene rings is 1. The first kappa shape index (κ1) is 27.9. The summed E-state index contributed by atoms with van der Waals surface area (Å²) < 4.78 is 1.55. The van der Waals surface area contributed by atoms with Gasteiger partial charge >= 0.3 is 0 Å². The number of hydrogen-bond donors (Lipinski definition) is 3. The number of carbonyl (C=O) groups is 1. The Labute approximate surface area is 244 Å². The number of piperazine rings is 1. The van der Waals surface area contributed by atoms with E-state index in [1.165, 1.54) is 5.69 Å². The second-order valence-corrected chi connectivity index (χ2v) is 11.4. The van der Waals surface area contributed by atoms with Gasteiger partial charge in [-0.2, -0.15) is 4.98 Å². The minimum Gasteiger partial charge on any atom is -0.369 e. The van der Waals surface area contributed by atoms with Gasteiger partial charge in [0.15, 0.2) is 5.78 Å². The van der Waals surface area contributed by atoms with Gasteiger partial charge in [0.2, 0.25) is 5.95 Å². The van der Waals surface area contributed by atoms with Crippen molar-refractivity contribution >= 4 is 34.1 Å². The van der Waals surface area contributed by atoms with Crippen molar-refractivity contribution in [3.05, 3.63) is 75.7 Å². The fraction of sp³-hybridized carbons (Fsp3) is 0.419. The van der Waals surface area contributed by atoms with Crippen LogP contribution in [0.2, 0.25) is 0 Å². The van der Waals surface area contributed by atoms with Crippen LogP contribution in [0.1, 0.15) is 53.5 Å². The highest BCUT2D eigenvalue weighted by Crippen LogP contribution is 2.27. The maximum Gasteiger partial charge on any atom is 0.263 e. The highest BCUT2D eigenvalue weighted by atomic mass is 16.1. The minimum atomic E-state index is -0.386. The Balaban J connectivity index is 1.39. The Kier molecular flexibility index (Phi) is 7.94. The molecule has 4 aromatic rings. The molecule has 5 heterocycles. The fourth-order valence-corrected chi connectivity index (χ4v) is 5.85. The molecule has 1 atom stereocenters. The Morgan fingerprint density at radius 1 is 1.07 bits per heavy atom. The molecular formula is C31H37N9O2. The molecule has 2 saturated heterocycles. The highest BCUT2D eigenvalue weighted by Gasteiger charge is 2.24. The number of pyridine rings is 1. The van der Waals surface area contributed by atoms with Gasteiger partial charge in [0, 0.05) is 79.9 Å². The van der Waals surface area contributed by atoms with Crippen LogP contribution in [0.3, 0.4) is 0 Å². The smallest absolute Gasteiger partial charge is 0.263 e. The third kappa shape index (κ3) is 5.62.